The van der Waals surface area contributed by atoms with Gasteiger partial charge in [-0.2, -0.15) is 0 Å². The third kappa shape index (κ3) is 4.22. The summed E-state index contributed by atoms with van der Waals surface area (Å²) in [5.41, 5.74) is 10.2. The highest BCUT2D eigenvalue weighted by molar-refractivity contribution is 6.03. The van der Waals surface area contributed by atoms with E-state index in [0.29, 0.717) is 46.9 Å². The molecule has 5 N–H and O–H groups in total. The molecular weight excluding hydrogens is 460 g/mol. The first-order valence-electron chi connectivity index (χ1n) is 11.3. The first kappa shape index (κ1) is 23.0. The van der Waals surface area contributed by atoms with Crippen LogP contribution in [0.3, 0.4) is 0 Å². The zero-order valence-electron chi connectivity index (χ0n) is 19.7. The van der Waals surface area contributed by atoms with Crippen LogP contribution in [-0.2, 0) is 4.79 Å². The average molecular weight is 485 g/mol. The van der Waals surface area contributed by atoms with Crippen molar-refractivity contribution in [3.05, 3.63) is 60.2 Å². The molecule has 0 bridgehead atoms. The number of hydrogen-bond acceptors (Lipinski definition) is 7. The monoisotopic (exact) mass is 484 g/mol. The molecule has 3 amide bonds. The van der Waals surface area contributed by atoms with Crippen molar-refractivity contribution in [3.63, 3.8) is 0 Å². The molecule has 0 aliphatic carbocycles. The molecule has 0 radical (unpaired) electrons. The topological polar surface area (TPSA) is 159 Å². The van der Waals surface area contributed by atoms with Crippen LogP contribution in [-0.4, -0.2) is 69.2 Å². The summed E-state index contributed by atoms with van der Waals surface area (Å²) in [5, 5.41) is 6.17. The van der Waals surface area contributed by atoms with Crippen LogP contribution in [0.25, 0.3) is 33.4 Å². The number of carbonyl (C=O) groups is 3. The first-order chi connectivity index (χ1) is 17.3. The molecule has 0 saturated carbocycles. The number of aromatic amines is 1. The normalized spacial score (nSPS) is 15.1. The van der Waals surface area contributed by atoms with E-state index in [1.807, 2.05) is 12.1 Å². The van der Waals surface area contributed by atoms with E-state index in [-0.39, 0.29) is 17.7 Å². The Hall–Kier alpha value is -4.80. The van der Waals surface area contributed by atoms with Crippen LogP contribution in [0.5, 0.6) is 0 Å². The SMILES string of the molecule is CN(C)C(=O)c1ccc(-c2cc(-c3ccnc4[nH]c(C(=O)NC5CCNC5=O)cc34)cnc2N)nc1. The molecule has 1 atom stereocenters. The Morgan fingerprint density at radius 2 is 1.92 bits per heavy atom. The number of H-pyrrole nitrogens is 1. The molecule has 1 aliphatic heterocycles. The van der Waals surface area contributed by atoms with Crippen molar-refractivity contribution in [3.8, 4) is 22.4 Å². The van der Waals surface area contributed by atoms with Crippen LogP contribution in [0, 0.1) is 0 Å². The molecule has 1 fully saturated rings. The average Bonchev–Trinajstić information content (AvgIpc) is 3.50. The molecule has 11 heteroatoms. The van der Waals surface area contributed by atoms with Crippen LogP contribution >= 0.6 is 0 Å². The van der Waals surface area contributed by atoms with Gasteiger partial charge in [0.2, 0.25) is 5.91 Å². The molecule has 4 aromatic rings. The quantitative estimate of drug-likeness (QED) is 0.335. The number of amides is 3. The number of fused-ring (bicyclic) bond motifs is 1. The van der Waals surface area contributed by atoms with E-state index in [1.165, 1.54) is 11.1 Å². The van der Waals surface area contributed by atoms with E-state index in [4.69, 9.17) is 5.73 Å². The minimum atomic E-state index is -0.549. The second-order valence-corrected chi connectivity index (χ2v) is 8.70. The Morgan fingerprint density at radius 3 is 2.61 bits per heavy atom. The Kier molecular flexibility index (Phi) is 5.80. The number of nitrogen functional groups attached to an aromatic ring is 1. The molecule has 1 unspecified atom stereocenters. The van der Waals surface area contributed by atoms with E-state index in [0.717, 1.165) is 16.5 Å². The minimum Gasteiger partial charge on any atom is -0.383 e. The lowest BCUT2D eigenvalue weighted by Gasteiger charge is -2.11. The van der Waals surface area contributed by atoms with Crippen molar-refractivity contribution < 1.29 is 14.4 Å². The molecule has 11 nitrogen and oxygen atoms in total. The largest absolute Gasteiger partial charge is 0.383 e. The van der Waals surface area contributed by atoms with Gasteiger partial charge in [0.05, 0.1) is 11.3 Å². The fourth-order valence-electron chi connectivity index (χ4n) is 4.13. The molecule has 5 rings (SSSR count). The van der Waals surface area contributed by atoms with Crippen LogP contribution in [0.4, 0.5) is 5.82 Å². The molecular formula is C25H24N8O3. The Bertz CT molecular complexity index is 1490. The second-order valence-electron chi connectivity index (χ2n) is 8.70. The number of pyridine rings is 3. The van der Waals surface area contributed by atoms with Gasteiger partial charge in [-0.3, -0.25) is 19.4 Å². The van der Waals surface area contributed by atoms with Gasteiger partial charge >= 0.3 is 0 Å². The molecule has 182 valence electrons. The number of hydrogen-bond donors (Lipinski definition) is 4. The predicted molar refractivity (Wildman–Crippen MR) is 134 cm³/mol. The third-order valence-corrected chi connectivity index (χ3v) is 6.05. The van der Waals surface area contributed by atoms with Crippen molar-refractivity contribution in [1.82, 2.24) is 35.5 Å². The van der Waals surface area contributed by atoms with Gasteiger partial charge in [0.1, 0.15) is 23.2 Å². The summed E-state index contributed by atoms with van der Waals surface area (Å²) < 4.78 is 0. The maximum atomic E-state index is 12.8. The lowest BCUT2D eigenvalue weighted by Crippen LogP contribution is -2.40. The van der Waals surface area contributed by atoms with Gasteiger partial charge < -0.3 is 26.3 Å². The van der Waals surface area contributed by atoms with Gasteiger partial charge in [-0.1, -0.05) is 0 Å². The number of carbonyl (C=O) groups excluding carboxylic acids is 3. The van der Waals surface area contributed by atoms with Gasteiger partial charge in [-0.05, 0) is 42.3 Å². The Labute approximate surface area is 206 Å². The van der Waals surface area contributed by atoms with Crippen LogP contribution in [0.15, 0.2) is 48.9 Å². The van der Waals surface area contributed by atoms with E-state index >= 15 is 0 Å². The molecule has 4 aromatic heterocycles. The second kappa shape index (κ2) is 9.10. The highest BCUT2D eigenvalue weighted by Gasteiger charge is 2.26. The van der Waals surface area contributed by atoms with Crippen molar-refractivity contribution in [2.24, 2.45) is 0 Å². The fraction of sp³-hybridized carbons (Fsp3) is 0.200. The van der Waals surface area contributed by atoms with Crippen molar-refractivity contribution in [1.29, 1.82) is 0 Å². The van der Waals surface area contributed by atoms with Gasteiger partial charge in [-0.15, -0.1) is 0 Å². The number of nitrogens with two attached hydrogens (primary N) is 1. The standard InChI is InChI=1S/C25H24N8O3/c1-33(2)25(36)13-3-4-18(29-11-13)17-9-14(12-30-21(17)26)15-5-7-27-22-16(15)10-20(31-22)24(35)32-19-6-8-28-23(19)34/h3-5,7,9-12,19H,6,8H2,1-2H3,(H2,26,30)(H,27,31)(H,28,34)(H,32,35). The molecule has 0 spiro atoms. The minimum absolute atomic E-state index is 0.145. The molecule has 1 aliphatic rings. The maximum absolute atomic E-state index is 12.8. The summed E-state index contributed by atoms with van der Waals surface area (Å²) in [4.78, 5) is 54.4. The van der Waals surface area contributed by atoms with Crippen molar-refractivity contribution in [2.45, 2.75) is 12.5 Å². The number of anilines is 1. The number of nitrogens with zero attached hydrogens (tertiary/aromatic N) is 4. The van der Waals surface area contributed by atoms with E-state index in [9.17, 15) is 14.4 Å². The van der Waals surface area contributed by atoms with E-state index < -0.39 is 6.04 Å². The smallest absolute Gasteiger partial charge is 0.268 e. The number of rotatable bonds is 5. The van der Waals surface area contributed by atoms with Gasteiger partial charge in [-0.25, -0.2) is 9.97 Å². The van der Waals surface area contributed by atoms with E-state index in [1.54, 1.807) is 44.7 Å². The molecule has 0 aromatic carbocycles. The molecule has 36 heavy (non-hydrogen) atoms. The highest BCUT2D eigenvalue weighted by Crippen LogP contribution is 2.32. The number of aromatic nitrogens is 4. The molecule has 5 heterocycles. The lowest BCUT2D eigenvalue weighted by atomic mass is 10.0. The van der Waals surface area contributed by atoms with Crippen molar-refractivity contribution in [2.75, 3.05) is 26.4 Å². The Morgan fingerprint density at radius 1 is 1.08 bits per heavy atom. The summed E-state index contributed by atoms with van der Waals surface area (Å²) in [6, 6.07) is 8.27. The predicted octanol–water partition coefficient (Wildman–Crippen LogP) is 1.59. The summed E-state index contributed by atoms with van der Waals surface area (Å²) in [7, 11) is 3.36. The third-order valence-electron chi connectivity index (χ3n) is 6.05. The van der Waals surface area contributed by atoms with Crippen LogP contribution < -0.4 is 16.4 Å². The van der Waals surface area contributed by atoms with Crippen molar-refractivity contribution >= 4 is 34.6 Å². The van der Waals surface area contributed by atoms with Crippen LogP contribution in [0.1, 0.15) is 27.3 Å². The van der Waals surface area contributed by atoms with Gasteiger partial charge in [0.25, 0.3) is 11.8 Å². The van der Waals surface area contributed by atoms with Crippen LogP contribution in [0.2, 0.25) is 0 Å². The fourth-order valence-corrected chi connectivity index (χ4v) is 4.13. The summed E-state index contributed by atoms with van der Waals surface area (Å²) >= 11 is 0. The summed E-state index contributed by atoms with van der Waals surface area (Å²) in [5.74, 6) is -0.415. The highest BCUT2D eigenvalue weighted by atomic mass is 16.2. The zero-order chi connectivity index (χ0) is 25.4. The lowest BCUT2D eigenvalue weighted by molar-refractivity contribution is -0.120. The Balaban J connectivity index is 1.48. The molecule has 1 saturated heterocycles. The summed E-state index contributed by atoms with van der Waals surface area (Å²) in [6.45, 7) is 0.540. The summed E-state index contributed by atoms with van der Waals surface area (Å²) in [6.07, 6.45) is 5.34. The first-order valence-corrected chi connectivity index (χ1v) is 11.3. The number of nitrogens with one attached hydrogen (secondary N) is 3. The zero-order valence-corrected chi connectivity index (χ0v) is 19.7. The van der Waals surface area contributed by atoms with E-state index in [2.05, 4.69) is 30.6 Å². The van der Waals surface area contributed by atoms with Gasteiger partial charge in [0, 0.05) is 55.7 Å². The van der Waals surface area contributed by atoms with Gasteiger partial charge in [0.15, 0.2) is 0 Å². The maximum Gasteiger partial charge on any atom is 0.268 e.